The van der Waals surface area contributed by atoms with Crippen molar-refractivity contribution in [3.63, 3.8) is 0 Å². The normalized spacial score (nSPS) is 25.2. The van der Waals surface area contributed by atoms with Crippen LogP contribution in [-0.4, -0.2) is 16.1 Å². The maximum absolute atomic E-state index is 11.1. The Labute approximate surface area is 95.5 Å². The minimum Gasteiger partial charge on any atom is -0.481 e. The Bertz CT molecular complexity index is 350. The van der Waals surface area contributed by atoms with Crippen molar-refractivity contribution in [2.24, 2.45) is 11.8 Å². The van der Waals surface area contributed by atoms with E-state index in [4.69, 9.17) is 0 Å². The number of nitrogens with zero attached hydrogens (tertiary/aromatic N) is 1. The summed E-state index contributed by atoms with van der Waals surface area (Å²) in [4.78, 5) is 15.1. The summed E-state index contributed by atoms with van der Waals surface area (Å²) in [6, 6.07) is 3.96. The van der Waals surface area contributed by atoms with Crippen molar-refractivity contribution in [2.75, 3.05) is 0 Å². The lowest BCUT2D eigenvalue weighted by Gasteiger charge is -2.28. The molecule has 16 heavy (non-hydrogen) atoms. The van der Waals surface area contributed by atoms with Gasteiger partial charge in [0.15, 0.2) is 0 Å². The maximum Gasteiger partial charge on any atom is 0.306 e. The minimum absolute atomic E-state index is 0.151. The summed E-state index contributed by atoms with van der Waals surface area (Å²) >= 11 is 0. The van der Waals surface area contributed by atoms with Crippen LogP contribution in [0.15, 0.2) is 24.5 Å². The number of hydrogen-bond donors (Lipinski definition) is 1. The first-order valence-corrected chi connectivity index (χ1v) is 5.89. The number of carboxylic acids is 1. The molecule has 0 aliphatic heterocycles. The van der Waals surface area contributed by atoms with Crippen molar-refractivity contribution in [1.82, 2.24) is 4.98 Å². The van der Waals surface area contributed by atoms with Crippen LogP contribution in [0.4, 0.5) is 0 Å². The second-order valence-corrected chi connectivity index (χ2v) is 4.55. The van der Waals surface area contributed by atoms with Gasteiger partial charge in [0.05, 0.1) is 5.92 Å². The third-order valence-corrected chi connectivity index (χ3v) is 3.47. The Morgan fingerprint density at radius 1 is 1.31 bits per heavy atom. The van der Waals surface area contributed by atoms with Gasteiger partial charge in [-0.2, -0.15) is 0 Å². The number of aromatic nitrogens is 1. The van der Waals surface area contributed by atoms with E-state index in [2.05, 4.69) is 4.98 Å². The van der Waals surface area contributed by atoms with Crippen molar-refractivity contribution in [3.8, 4) is 0 Å². The molecule has 0 radical (unpaired) electrons. The predicted molar refractivity (Wildman–Crippen MR) is 61.0 cm³/mol. The number of carboxylic acid groups (broad SMARTS) is 1. The highest BCUT2D eigenvalue weighted by molar-refractivity contribution is 5.70. The third kappa shape index (κ3) is 2.60. The molecule has 0 bridgehead atoms. The molecule has 0 spiro atoms. The first kappa shape index (κ1) is 11.1. The first-order chi connectivity index (χ1) is 7.77. The molecule has 1 aromatic rings. The number of carbonyl (C=O) groups is 1. The molecule has 1 N–H and O–H groups in total. The van der Waals surface area contributed by atoms with E-state index in [1.165, 1.54) is 12.0 Å². The molecule has 0 unspecified atom stereocenters. The Hall–Kier alpha value is -1.38. The summed E-state index contributed by atoms with van der Waals surface area (Å²) in [5.41, 5.74) is 1.20. The highest BCUT2D eigenvalue weighted by atomic mass is 16.4. The fourth-order valence-electron chi connectivity index (χ4n) is 2.60. The molecule has 1 saturated carbocycles. The fourth-order valence-corrected chi connectivity index (χ4v) is 2.60. The van der Waals surface area contributed by atoms with Crippen LogP contribution in [0.5, 0.6) is 0 Å². The molecular formula is C13H17NO2. The van der Waals surface area contributed by atoms with Gasteiger partial charge in [-0.25, -0.2) is 0 Å². The molecule has 1 aliphatic rings. The summed E-state index contributed by atoms with van der Waals surface area (Å²) < 4.78 is 0. The highest BCUT2D eigenvalue weighted by Gasteiger charge is 2.30. The fraction of sp³-hybridized carbons (Fsp3) is 0.538. The van der Waals surface area contributed by atoms with Crippen LogP contribution in [0.25, 0.3) is 0 Å². The zero-order chi connectivity index (χ0) is 11.4. The van der Waals surface area contributed by atoms with Crippen molar-refractivity contribution < 1.29 is 9.90 Å². The number of aliphatic carboxylic acids is 1. The van der Waals surface area contributed by atoms with Gasteiger partial charge in [0.2, 0.25) is 0 Å². The zero-order valence-electron chi connectivity index (χ0n) is 9.30. The molecule has 3 nitrogen and oxygen atoms in total. The van der Waals surface area contributed by atoms with E-state index in [1.54, 1.807) is 12.4 Å². The van der Waals surface area contributed by atoms with Gasteiger partial charge in [0.25, 0.3) is 0 Å². The molecule has 1 fully saturated rings. The summed E-state index contributed by atoms with van der Waals surface area (Å²) in [6.45, 7) is 0. The summed E-state index contributed by atoms with van der Waals surface area (Å²) in [6.07, 6.45) is 8.52. The molecule has 2 rings (SSSR count). The lowest BCUT2D eigenvalue weighted by Crippen LogP contribution is -2.28. The third-order valence-electron chi connectivity index (χ3n) is 3.47. The van der Waals surface area contributed by atoms with E-state index in [0.29, 0.717) is 5.92 Å². The molecule has 0 aromatic carbocycles. The molecule has 1 heterocycles. The van der Waals surface area contributed by atoms with E-state index in [9.17, 15) is 9.90 Å². The topological polar surface area (TPSA) is 50.2 Å². The average Bonchev–Trinajstić information content (AvgIpc) is 2.31. The van der Waals surface area contributed by atoms with Crippen LogP contribution in [0, 0.1) is 11.8 Å². The Morgan fingerprint density at radius 2 is 2.00 bits per heavy atom. The quantitative estimate of drug-likeness (QED) is 0.849. The molecule has 86 valence electrons. The SMILES string of the molecule is O=C(O)[C@H]1CCCC[C@@H]1Cc1ccncc1. The van der Waals surface area contributed by atoms with E-state index >= 15 is 0 Å². The van der Waals surface area contributed by atoms with Crippen LogP contribution < -0.4 is 0 Å². The number of hydrogen-bond acceptors (Lipinski definition) is 2. The lowest BCUT2D eigenvalue weighted by atomic mass is 9.76. The molecule has 2 atom stereocenters. The Kier molecular flexibility index (Phi) is 3.54. The van der Waals surface area contributed by atoms with Crippen LogP contribution in [0.1, 0.15) is 31.2 Å². The lowest BCUT2D eigenvalue weighted by molar-refractivity contribution is -0.144. The monoisotopic (exact) mass is 219 g/mol. The molecule has 0 saturated heterocycles. The van der Waals surface area contributed by atoms with Crippen LogP contribution >= 0.6 is 0 Å². The van der Waals surface area contributed by atoms with Crippen LogP contribution in [0.3, 0.4) is 0 Å². The molecule has 0 amide bonds. The number of pyridine rings is 1. The summed E-state index contributed by atoms with van der Waals surface area (Å²) in [5, 5.41) is 9.17. The molecule has 3 heteroatoms. The second kappa shape index (κ2) is 5.10. The standard InChI is InChI=1S/C13H17NO2/c15-13(16)12-4-2-1-3-11(12)9-10-5-7-14-8-6-10/h5-8,11-12H,1-4,9H2,(H,15,16)/t11-,12+/m1/s1. The van der Waals surface area contributed by atoms with E-state index in [-0.39, 0.29) is 5.92 Å². The van der Waals surface area contributed by atoms with Gasteiger partial charge in [-0.1, -0.05) is 12.8 Å². The average molecular weight is 219 g/mol. The van der Waals surface area contributed by atoms with Crippen molar-refractivity contribution in [3.05, 3.63) is 30.1 Å². The van der Waals surface area contributed by atoms with Gasteiger partial charge in [-0.3, -0.25) is 9.78 Å². The zero-order valence-corrected chi connectivity index (χ0v) is 9.30. The van der Waals surface area contributed by atoms with E-state index < -0.39 is 5.97 Å². The van der Waals surface area contributed by atoms with Crippen LogP contribution in [0.2, 0.25) is 0 Å². The Balaban J connectivity index is 2.04. The van der Waals surface area contributed by atoms with Gasteiger partial charge in [0.1, 0.15) is 0 Å². The molecular weight excluding hydrogens is 202 g/mol. The largest absolute Gasteiger partial charge is 0.481 e. The maximum atomic E-state index is 11.1. The summed E-state index contributed by atoms with van der Waals surface area (Å²) in [7, 11) is 0. The van der Waals surface area contributed by atoms with Crippen molar-refractivity contribution in [1.29, 1.82) is 0 Å². The van der Waals surface area contributed by atoms with Crippen molar-refractivity contribution >= 4 is 5.97 Å². The molecule has 1 aromatic heterocycles. The number of rotatable bonds is 3. The molecule has 1 aliphatic carbocycles. The van der Waals surface area contributed by atoms with Gasteiger partial charge in [-0.05, 0) is 42.9 Å². The second-order valence-electron chi connectivity index (χ2n) is 4.55. The predicted octanol–water partition coefficient (Wildman–Crippen LogP) is 2.52. The minimum atomic E-state index is -0.626. The van der Waals surface area contributed by atoms with Gasteiger partial charge >= 0.3 is 5.97 Å². The smallest absolute Gasteiger partial charge is 0.306 e. The van der Waals surface area contributed by atoms with Gasteiger partial charge in [0, 0.05) is 12.4 Å². The Morgan fingerprint density at radius 3 is 2.69 bits per heavy atom. The first-order valence-electron chi connectivity index (χ1n) is 5.89. The van der Waals surface area contributed by atoms with E-state index in [0.717, 1.165) is 25.7 Å². The van der Waals surface area contributed by atoms with Gasteiger partial charge in [-0.15, -0.1) is 0 Å². The van der Waals surface area contributed by atoms with Crippen molar-refractivity contribution in [2.45, 2.75) is 32.1 Å². The summed E-state index contributed by atoms with van der Waals surface area (Å²) in [5.74, 6) is -0.477. The highest BCUT2D eigenvalue weighted by Crippen LogP contribution is 2.32. The van der Waals surface area contributed by atoms with Gasteiger partial charge < -0.3 is 5.11 Å². The van der Waals surface area contributed by atoms with E-state index in [1.807, 2.05) is 12.1 Å². The van der Waals surface area contributed by atoms with Crippen LogP contribution in [-0.2, 0) is 11.2 Å².